The lowest BCUT2D eigenvalue weighted by atomic mass is 10.3. The highest BCUT2D eigenvalue weighted by atomic mass is 79.9. The molecule has 0 N–H and O–H groups in total. The zero-order valence-electron chi connectivity index (χ0n) is 6.92. The third-order valence-corrected chi connectivity index (χ3v) is 3.17. The molecular weight excluding hydrogens is 287 g/mol. The largest absolute Gasteiger partial charge is 0.221 e. The minimum atomic E-state index is 0.548. The smallest absolute Gasteiger partial charge is 0.147 e. The number of benzene rings is 1. The van der Waals surface area contributed by atoms with Crippen LogP contribution in [-0.2, 0) is 0 Å². The van der Waals surface area contributed by atoms with Gasteiger partial charge in [-0.05, 0) is 40.2 Å². The molecule has 14 heavy (non-hydrogen) atoms. The molecule has 0 aliphatic heterocycles. The Balaban J connectivity index is 2.49. The molecule has 0 unspecified atom stereocenters. The van der Waals surface area contributed by atoms with Crippen molar-refractivity contribution in [2.24, 2.45) is 0 Å². The quantitative estimate of drug-likeness (QED) is 0.778. The van der Waals surface area contributed by atoms with Crippen LogP contribution in [-0.4, -0.2) is 9.78 Å². The third kappa shape index (κ3) is 1.80. The predicted molar refractivity (Wildman–Crippen MR) is 61.3 cm³/mol. The van der Waals surface area contributed by atoms with E-state index in [9.17, 15) is 0 Å². The molecule has 0 saturated carbocycles. The van der Waals surface area contributed by atoms with Gasteiger partial charge in [0.25, 0.3) is 0 Å². The Morgan fingerprint density at radius 3 is 2.29 bits per heavy atom. The first kappa shape index (κ1) is 10.0. The Labute approximate surface area is 99.6 Å². The van der Waals surface area contributed by atoms with Crippen molar-refractivity contribution in [3.05, 3.63) is 45.1 Å². The van der Waals surface area contributed by atoms with Crippen LogP contribution in [0.3, 0.4) is 0 Å². The molecule has 0 saturated heterocycles. The van der Waals surface area contributed by atoms with E-state index in [2.05, 4.69) is 21.0 Å². The Bertz CT molecular complexity index is 450. The summed E-state index contributed by atoms with van der Waals surface area (Å²) in [4.78, 5) is 0. The maximum absolute atomic E-state index is 6.00. The molecule has 72 valence electrons. The molecule has 0 aliphatic carbocycles. The van der Waals surface area contributed by atoms with E-state index < -0.39 is 0 Å². The molecule has 0 spiro atoms. The summed E-state index contributed by atoms with van der Waals surface area (Å²) < 4.78 is 2.40. The van der Waals surface area contributed by atoms with Gasteiger partial charge in [0.1, 0.15) is 5.15 Å². The van der Waals surface area contributed by atoms with Gasteiger partial charge in [-0.1, -0.05) is 23.2 Å². The topological polar surface area (TPSA) is 17.8 Å². The van der Waals surface area contributed by atoms with Gasteiger partial charge >= 0.3 is 0 Å². The molecule has 5 heteroatoms. The highest BCUT2D eigenvalue weighted by molar-refractivity contribution is 9.10. The van der Waals surface area contributed by atoms with Crippen LogP contribution in [0.1, 0.15) is 0 Å². The molecule has 0 fully saturated rings. The maximum Gasteiger partial charge on any atom is 0.147 e. The van der Waals surface area contributed by atoms with Crippen LogP contribution in [0.25, 0.3) is 5.69 Å². The van der Waals surface area contributed by atoms with Gasteiger partial charge in [-0.2, -0.15) is 5.10 Å². The van der Waals surface area contributed by atoms with E-state index in [4.69, 9.17) is 23.2 Å². The molecule has 1 heterocycles. The van der Waals surface area contributed by atoms with E-state index in [0.717, 1.165) is 10.2 Å². The van der Waals surface area contributed by atoms with Crippen LogP contribution in [0.5, 0.6) is 0 Å². The number of halogens is 3. The average molecular weight is 292 g/mol. The van der Waals surface area contributed by atoms with Gasteiger partial charge in [-0.15, -0.1) is 0 Å². The molecule has 2 nitrogen and oxygen atoms in total. The highest BCUT2D eigenvalue weighted by Crippen LogP contribution is 2.25. The lowest BCUT2D eigenvalue weighted by molar-refractivity contribution is 0.881. The zero-order valence-corrected chi connectivity index (χ0v) is 10.0. The Hall–Kier alpha value is -0.510. The van der Waals surface area contributed by atoms with Crippen molar-refractivity contribution in [3.63, 3.8) is 0 Å². The van der Waals surface area contributed by atoms with E-state index in [-0.39, 0.29) is 0 Å². The van der Waals surface area contributed by atoms with Crippen LogP contribution < -0.4 is 0 Å². The minimum Gasteiger partial charge on any atom is -0.221 e. The highest BCUT2D eigenvalue weighted by Gasteiger charge is 2.06. The van der Waals surface area contributed by atoms with Crippen molar-refractivity contribution in [2.75, 3.05) is 0 Å². The Morgan fingerprint density at radius 1 is 1.14 bits per heavy atom. The van der Waals surface area contributed by atoms with Crippen molar-refractivity contribution in [1.29, 1.82) is 0 Å². The first-order valence-electron chi connectivity index (χ1n) is 3.83. The SMILES string of the molecule is Clc1ccc(-n2ncc(Br)c2Cl)cc1. The van der Waals surface area contributed by atoms with Crippen LogP contribution in [0.15, 0.2) is 34.9 Å². The van der Waals surface area contributed by atoms with Crippen LogP contribution in [0.2, 0.25) is 10.2 Å². The van der Waals surface area contributed by atoms with Crippen molar-refractivity contribution in [3.8, 4) is 5.69 Å². The lowest BCUT2D eigenvalue weighted by Crippen LogP contribution is -1.95. The summed E-state index contributed by atoms with van der Waals surface area (Å²) in [6, 6.07) is 7.30. The Kier molecular flexibility index (Phi) is 2.81. The van der Waals surface area contributed by atoms with Gasteiger partial charge in [-0.3, -0.25) is 0 Å². The summed E-state index contributed by atoms with van der Waals surface area (Å²) >= 11 is 15.1. The number of aromatic nitrogens is 2. The van der Waals surface area contributed by atoms with E-state index in [1.807, 2.05) is 12.1 Å². The molecule has 0 radical (unpaired) electrons. The first-order valence-corrected chi connectivity index (χ1v) is 5.38. The summed E-state index contributed by atoms with van der Waals surface area (Å²) in [5.74, 6) is 0. The summed E-state index contributed by atoms with van der Waals surface area (Å²) in [7, 11) is 0. The van der Waals surface area contributed by atoms with Crippen molar-refractivity contribution in [2.45, 2.75) is 0 Å². The van der Waals surface area contributed by atoms with Gasteiger partial charge in [-0.25, -0.2) is 4.68 Å². The maximum atomic E-state index is 6.00. The van der Waals surface area contributed by atoms with Crippen LogP contribution >= 0.6 is 39.1 Å². The van der Waals surface area contributed by atoms with E-state index in [1.54, 1.807) is 23.0 Å². The third-order valence-electron chi connectivity index (χ3n) is 1.74. The second-order valence-electron chi connectivity index (χ2n) is 2.67. The van der Waals surface area contributed by atoms with Crippen molar-refractivity contribution >= 4 is 39.1 Å². The summed E-state index contributed by atoms with van der Waals surface area (Å²) in [5.41, 5.74) is 0.880. The molecule has 0 aliphatic rings. The van der Waals surface area contributed by atoms with Crippen molar-refractivity contribution in [1.82, 2.24) is 9.78 Å². The fraction of sp³-hybridized carbons (Fsp3) is 0. The molecule has 0 atom stereocenters. The summed E-state index contributed by atoms with van der Waals surface area (Å²) in [6.45, 7) is 0. The van der Waals surface area contributed by atoms with Gasteiger partial charge in [0, 0.05) is 5.02 Å². The molecule has 0 amide bonds. The molecular formula is C9H5BrCl2N2. The normalized spacial score (nSPS) is 10.5. The van der Waals surface area contributed by atoms with Gasteiger partial charge in [0.15, 0.2) is 0 Å². The van der Waals surface area contributed by atoms with Gasteiger partial charge in [0.05, 0.1) is 16.4 Å². The van der Waals surface area contributed by atoms with E-state index in [0.29, 0.717) is 10.2 Å². The van der Waals surface area contributed by atoms with Crippen LogP contribution in [0, 0.1) is 0 Å². The fourth-order valence-corrected chi connectivity index (χ4v) is 1.65. The second-order valence-corrected chi connectivity index (χ2v) is 4.32. The first-order chi connectivity index (χ1) is 6.68. The lowest BCUT2D eigenvalue weighted by Gasteiger charge is -2.02. The molecule has 2 aromatic rings. The summed E-state index contributed by atoms with van der Waals surface area (Å²) in [6.07, 6.45) is 1.65. The molecule has 0 bridgehead atoms. The molecule has 1 aromatic carbocycles. The summed E-state index contributed by atoms with van der Waals surface area (Å²) in [5, 5.41) is 5.35. The standard InChI is InChI=1S/C9H5BrCl2N2/c10-8-5-13-14(9(8)12)7-3-1-6(11)2-4-7/h1-5H. The van der Waals surface area contributed by atoms with E-state index >= 15 is 0 Å². The number of nitrogens with zero attached hydrogens (tertiary/aromatic N) is 2. The number of hydrogen-bond donors (Lipinski definition) is 0. The predicted octanol–water partition coefficient (Wildman–Crippen LogP) is 3.94. The van der Waals surface area contributed by atoms with Gasteiger partial charge in [0.2, 0.25) is 0 Å². The van der Waals surface area contributed by atoms with Crippen LogP contribution in [0.4, 0.5) is 0 Å². The monoisotopic (exact) mass is 290 g/mol. The minimum absolute atomic E-state index is 0.548. The average Bonchev–Trinajstić information content (AvgIpc) is 2.50. The van der Waals surface area contributed by atoms with E-state index in [1.165, 1.54) is 0 Å². The fourth-order valence-electron chi connectivity index (χ4n) is 1.08. The number of hydrogen-bond acceptors (Lipinski definition) is 1. The molecule has 1 aromatic heterocycles. The molecule has 2 rings (SSSR count). The second kappa shape index (κ2) is 3.93. The number of rotatable bonds is 1. The Morgan fingerprint density at radius 2 is 1.79 bits per heavy atom. The zero-order chi connectivity index (χ0) is 10.1. The van der Waals surface area contributed by atoms with Crippen molar-refractivity contribution < 1.29 is 0 Å². The van der Waals surface area contributed by atoms with Gasteiger partial charge < -0.3 is 0 Å².